The molecule has 0 fully saturated rings. The Bertz CT molecular complexity index is 698. The fraction of sp³-hybridized carbons (Fsp3) is 0.0769. The Morgan fingerprint density at radius 1 is 1.15 bits per heavy atom. The second-order valence-electron chi connectivity index (χ2n) is 3.78. The number of hydrogen-bond donors (Lipinski definition) is 0. The smallest absolute Gasteiger partial charge is 0.387 e. The van der Waals surface area contributed by atoms with Crippen LogP contribution in [0.4, 0.5) is 8.78 Å². The summed E-state index contributed by atoms with van der Waals surface area (Å²) in [4.78, 5) is 5.04. The molecule has 0 atom stereocenters. The molecular weight excluding hydrogens is 286 g/mol. The average Bonchev–Trinajstić information content (AvgIpc) is 3.10. The minimum absolute atomic E-state index is 0.00359. The van der Waals surface area contributed by atoms with Gasteiger partial charge in [0.05, 0.1) is 10.4 Å². The molecule has 0 aliphatic rings. The van der Waals surface area contributed by atoms with Gasteiger partial charge in [-0.1, -0.05) is 23.4 Å². The lowest BCUT2D eigenvalue weighted by atomic mass is 10.2. The van der Waals surface area contributed by atoms with Gasteiger partial charge >= 0.3 is 6.61 Å². The van der Waals surface area contributed by atoms with Gasteiger partial charge in [0.1, 0.15) is 5.75 Å². The Labute approximate surface area is 116 Å². The fourth-order valence-electron chi connectivity index (χ4n) is 1.68. The highest BCUT2D eigenvalue weighted by molar-refractivity contribution is 7.13. The largest absolute Gasteiger partial charge is 0.434 e. The van der Waals surface area contributed by atoms with E-state index in [1.165, 1.54) is 17.4 Å². The van der Waals surface area contributed by atoms with E-state index in [2.05, 4.69) is 14.9 Å². The molecule has 2 heterocycles. The molecule has 0 saturated heterocycles. The molecule has 0 spiro atoms. The molecular formula is C13H8F2N2O2S. The SMILES string of the molecule is FC(F)Oc1ccccc1-c1nc(-c2cccs2)no1. The molecule has 3 rings (SSSR count). The van der Waals surface area contributed by atoms with Crippen molar-refractivity contribution < 1.29 is 18.0 Å². The van der Waals surface area contributed by atoms with Crippen LogP contribution in [-0.2, 0) is 0 Å². The molecule has 0 bridgehead atoms. The van der Waals surface area contributed by atoms with Crippen molar-refractivity contribution in [3.63, 3.8) is 0 Å². The molecule has 102 valence electrons. The molecule has 1 aromatic carbocycles. The summed E-state index contributed by atoms with van der Waals surface area (Å²) in [6.45, 7) is -2.91. The number of nitrogens with zero attached hydrogens (tertiary/aromatic N) is 2. The topological polar surface area (TPSA) is 48.2 Å². The van der Waals surface area contributed by atoms with Crippen molar-refractivity contribution in [2.75, 3.05) is 0 Å². The first-order valence-corrected chi connectivity index (χ1v) is 6.54. The van der Waals surface area contributed by atoms with Gasteiger partial charge < -0.3 is 9.26 Å². The van der Waals surface area contributed by atoms with Gasteiger partial charge in [-0.3, -0.25) is 0 Å². The summed E-state index contributed by atoms with van der Waals surface area (Å²) in [6, 6.07) is 10.0. The Morgan fingerprint density at radius 3 is 2.75 bits per heavy atom. The number of para-hydroxylation sites is 1. The van der Waals surface area contributed by atoms with Gasteiger partial charge in [-0.2, -0.15) is 13.8 Å². The molecule has 0 amide bonds. The number of aromatic nitrogens is 2. The summed E-state index contributed by atoms with van der Waals surface area (Å²) in [5.41, 5.74) is 0.336. The summed E-state index contributed by atoms with van der Waals surface area (Å²) in [5.74, 6) is 0.565. The predicted octanol–water partition coefficient (Wildman–Crippen LogP) is 4.07. The number of thiophene rings is 1. The number of rotatable bonds is 4. The number of benzene rings is 1. The zero-order valence-electron chi connectivity index (χ0n) is 9.99. The maximum atomic E-state index is 12.4. The van der Waals surface area contributed by atoms with Crippen LogP contribution in [-0.4, -0.2) is 16.8 Å². The molecule has 0 aliphatic carbocycles. The average molecular weight is 294 g/mol. The van der Waals surface area contributed by atoms with E-state index < -0.39 is 6.61 Å². The molecule has 4 nitrogen and oxygen atoms in total. The molecule has 0 radical (unpaired) electrons. The lowest BCUT2D eigenvalue weighted by Gasteiger charge is -2.06. The van der Waals surface area contributed by atoms with E-state index in [1.54, 1.807) is 18.2 Å². The van der Waals surface area contributed by atoms with Gasteiger partial charge in [0.15, 0.2) is 0 Å². The molecule has 3 aromatic rings. The molecule has 0 aliphatic heterocycles. The van der Waals surface area contributed by atoms with E-state index in [-0.39, 0.29) is 11.6 Å². The zero-order valence-corrected chi connectivity index (χ0v) is 10.8. The third-order valence-electron chi connectivity index (χ3n) is 2.50. The van der Waals surface area contributed by atoms with E-state index in [0.717, 1.165) is 4.88 Å². The van der Waals surface area contributed by atoms with E-state index >= 15 is 0 Å². The predicted molar refractivity (Wildman–Crippen MR) is 69.7 cm³/mol. The van der Waals surface area contributed by atoms with Gasteiger partial charge in [0.25, 0.3) is 5.89 Å². The van der Waals surface area contributed by atoms with Gasteiger partial charge in [-0.15, -0.1) is 11.3 Å². The van der Waals surface area contributed by atoms with Crippen LogP contribution in [0.1, 0.15) is 0 Å². The number of alkyl halides is 2. The highest BCUT2D eigenvalue weighted by Gasteiger charge is 2.17. The number of ether oxygens (including phenoxy) is 1. The van der Waals surface area contributed by atoms with Crippen molar-refractivity contribution >= 4 is 11.3 Å². The van der Waals surface area contributed by atoms with Crippen LogP contribution in [0.15, 0.2) is 46.3 Å². The van der Waals surface area contributed by atoms with Crippen molar-refractivity contribution in [3.05, 3.63) is 41.8 Å². The first-order valence-electron chi connectivity index (χ1n) is 5.66. The van der Waals surface area contributed by atoms with E-state index in [9.17, 15) is 8.78 Å². The molecule has 0 unspecified atom stereocenters. The van der Waals surface area contributed by atoms with Crippen molar-refractivity contribution in [2.24, 2.45) is 0 Å². The lowest BCUT2D eigenvalue weighted by molar-refractivity contribution is -0.0495. The van der Waals surface area contributed by atoms with Gasteiger partial charge in [-0.25, -0.2) is 0 Å². The van der Waals surface area contributed by atoms with Gasteiger partial charge in [0, 0.05) is 0 Å². The molecule has 7 heteroatoms. The van der Waals surface area contributed by atoms with Crippen LogP contribution in [0.2, 0.25) is 0 Å². The van der Waals surface area contributed by atoms with Crippen LogP contribution < -0.4 is 4.74 Å². The van der Waals surface area contributed by atoms with Crippen LogP contribution in [0.3, 0.4) is 0 Å². The van der Waals surface area contributed by atoms with Crippen LogP contribution in [0.25, 0.3) is 22.2 Å². The Kier molecular flexibility index (Phi) is 3.42. The lowest BCUT2D eigenvalue weighted by Crippen LogP contribution is -2.03. The summed E-state index contributed by atoms with van der Waals surface area (Å²) >= 11 is 1.46. The molecule has 0 N–H and O–H groups in total. The van der Waals surface area contributed by atoms with Crippen LogP contribution in [0.5, 0.6) is 5.75 Å². The zero-order chi connectivity index (χ0) is 13.9. The Hall–Kier alpha value is -2.28. The Balaban J connectivity index is 1.97. The van der Waals surface area contributed by atoms with Gasteiger partial charge in [0.2, 0.25) is 5.82 Å². The normalized spacial score (nSPS) is 10.9. The fourth-order valence-corrected chi connectivity index (χ4v) is 2.33. The monoisotopic (exact) mass is 294 g/mol. The Morgan fingerprint density at radius 2 is 2.00 bits per heavy atom. The summed E-state index contributed by atoms with van der Waals surface area (Å²) in [7, 11) is 0. The molecule has 20 heavy (non-hydrogen) atoms. The minimum atomic E-state index is -2.91. The maximum Gasteiger partial charge on any atom is 0.387 e. The van der Waals surface area contributed by atoms with E-state index in [1.807, 2.05) is 17.5 Å². The standard InChI is InChI=1S/C13H8F2N2O2S/c14-13(15)18-9-5-2-1-4-8(9)12-16-11(17-19-12)10-6-3-7-20-10/h1-7,13H. The first kappa shape index (κ1) is 12.7. The van der Waals surface area contributed by atoms with E-state index in [4.69, 9.17) is 4.52 Å². The highest BCUT2D eigenvalue weighted by Crippen LogP contribution is 2.31. The summed E-state index contributed by atoms with van der Waals surface area (Å²) < 4.78 is 34.3. The third-order valence-corrected chi connectivity index (χ3v) is 3.37. The van der Waals surface area contributed by atoms with Crippen molar-refractivity contribution in [1.82, 2.24) is 10.1 Å². The van der Waals surface area contributed by atoms with Crippen LogP contribution in [0, 0.1) is 0 Å². The molecule has 2 aromatic heterocycles. The first-order chi connectivity index (χ1) is 9.74. The van der Waals surface area contributed by atoms with Crippen molar-refractivity contribution in [2.45, 2.75) is 6.61 Å². The summed E-state index contributed by atoms with van der Waals surface area (Å²) in [5, 5.41) is 5.72. The van der Waals surface area contributed by atoms with Crippen LogP contribution >= 0.6 is 11.3 Å². The molecule has 0 saturated carbocycles. The number of hydrogen-bond acceptors (Lipinski definition) is 5. The second-order valence-corrected chi connectivity index (χ2v) is 4.72. The summed E-state index contributed by atoms with van der Waals surface area (Å²) in [6.07, 6.45) is 0. The highest BCUT2D eigenvalue weighted by atomic mass is 32.1. The number of halogens is 2. The van der Waals surface area contributed by atoms with Crippen molar-refractivity contribution in [1.29, 1.82) is 0 Å². The minimum Gasteiger partial charge on any atom is -0.434 e. The van der Waals surface area contributed by atoms with Crippen molar-refractivity contribution in [3.8, 4) is 27.9 Å². The van der Waals surface area contributed by atoms with Gasteiger partial charge in [-0.05, 0) is 23.6 Å². The van der Waals surface area contributed by atoms with E-state index in [0.29, 0.717) is 11.4 Å². The third kappa shape index (κ3) is 2.53. The maximum absolute atomic E-state index is 12.4. The quantitative estimate of drug-likeness (QED) is 0.728. The second kappa shape index (κ2) is 5.38.